The lowest BCUT2D eigenvalue weighted by atomic mass is 9.49. The first-order valence-corrected chi connectivity index (χ1v) is 51.8. The standard InChI is InChI=1S/3C19H28N2O3.C18H26N2O3.C18H24N2O3.C17H24N2O2/c1-12-20-15-13(16(21-12)22-5)6-7-14-17(2,3)19(23-10-11-24-19)9-8-18(14,15)4;2*1-12-20-15-13(16(22)21(12)5)6-7-14-17(2,3)19(23-10-11-24-19)9-8-18(14,15)4;1-11-19-14-12(15(21)20-11)5-6-13-16(2,3)18(22-9-10-23-18)8-7-17(13,14)4;1-10-19-14-12(16(23)20(10)5)6-7-13-17(2,3)15(22)11(9-21)8-18(13,14)4;1-10-18-14-11(15(21)19(10)5)6-7-12-16(2,3)13(20)8-9-17(12,14)4/h3*14H,6-11H2,1-5H3;13H,5-10H2,1-4H3,(H,19,20,21);9,13,21H,6-8H2,1-5H3;12H,6-9H2,1-5H3/b;;;;11-9-;/t3*14-,18-;13-,17-;13-,18-;12-,17-/m000000/s1. The number of rotatable bonds is 1. The number of methoxy groups -OCH3 is 1. The quantitative estimate of drug-likeness (QED) is 0.114. The van der Waals surface area contributed by atoms with Crippen molar-refractivity contribution in [1.82, 2.24) is 58.1 Å². The summed E-state index contributed by atoms with van der Waals surface area (Å²) in [6, 6.07) is 0. The van der Waals surface area contributed by atoms with E-state index in [2.05, 4.69) is 121 Å². The average Bonchev–Trinajstić information content (AvgIpc) is 1.70. The molecule has 4 aliphatic heterocycles. The van der Waals surface area contributed by atoms with Crippen LogP contribution in [-0.2, 0) is 147 Å². The number of ether oxygens (including phenoxy) is 9. The number of allylic oxidation sites excluding steroid dienone is 1. The second kappa shape index (κ2) is 35.1. The van der Waals surface area contributed by atoms with Crippen molar-refractivity contribution in [2.45, 2.75) is 369 Å². The third kappa shape index (κ3) is 15.3. The normalized spacial score (nSPS) is 32.6. The number of carbonyl (C=O) groups excluding carboxylic acids is 2. The third-order valence-corrected chi connectivity index (χ3v) is 40.0. The number of aliphatic hydroxyl groups excluding tert-OH is 1. The molecule has 0 radical (unpaired) electrons. The summed E-state index contributed by atoms with van der Waals surface area (Å²) in [5.74, 6) is 5.84. The van der Waals surface area contributed by atoms with Gasteiger partial charge in [0.15, 0.2) is 28.9 Å². The van der Waals surface area contributed by atoms with Crippen LogP contribution >= 0.6 is 0 Å². The molecule has 0 amide bonds. The molecular weight excluding hydrogens is 1760 g/mol. The molecule has 6 saturated carbocycles. The summed E-state index contributed by atoms with van der Waals surface area (Å²) < 4.78 is 61.3. The molecule has 0 unspecified atom stereocenters. The minimum absolute atomic E-state index is 0.00600. The Hall–Kier alpha value is -8.16. The minimum Gasteiger partial charge on any atom is -0.515 e. The molecular formula is C110H158N12O17. The van der Waals surface area contributed by atoms with Crippen molar-refractivity contribution in [3.8, 4) is 5.88 Å². The number of aromatic nitrogens is 12. The van der Waals surface area contributed by atoms with E-state index in [1.165, 1.54) is 11.3 Å². The van der Waals surface area contributed by atoms with Gasteiger partial charge in [-0.15, -0.1) is 0 Å². The molecule has 2 N–H and O–H groups in total. The summed E-state index contributed by atoms with van der Waals surface area (Å²) >= 11 is 0. The number of hydrogen-bond donors (Lipinski definition) is 2. The molecule has 29 nitrogen and oxygen atoms in total. The predicted molar refractivity (Wildman–Crippen MR) is 527 cm³/mol. The van der Waals surface area contributed by atoms with E-state index in [-0.39, 0.29) is 99.6 Å². The van der Waals surface area contributed by atoms with Crippen LogP contribution in [0.15, 0.2) is 35.8 Å². The molecule has 10 fully saturated rings. The van der Waals surface area contributed by atoms with E-state index in [9.17, 15) is 38.7 Å². The smallest absolute Gasteiger partial charge is 0.256 e. The van der Waals surface area contributed by atoms with Gasteiger partial charge >= 0.3 is 0 Å². The Morgan fingerprint density at radius 3 is 0.921 bits per heavy atom. The maximum atomic E-state index is 12.7. The van der Waals surface area contributed by atoms with Gasteiger partial charge in [0.25, 0.3) is 27.8 Å². The van der Waals surface area contributed by atoms with E-state index in [0.29, 0.717) is 119 Å². The van der Waals surface area contributed by atoms with Crippen LogP contribution in [0.1, 0.15) is 336 Å². The number of aryl methyl sites for hydroxylation is 6. The zero-order valence-corrected chi connectivity index (χ0v) is 88.9. The number of aliphatic hydroxyl groups is 1. The average molecular weight is 1920 g/mol. The lowest BCUT2D eigenvalue weighted by Crippen LogP contribution is -2.61. The largest absolute Gasteiger partial charge is 0.515 e. The van der Waals surface area contributed by atoms with Crippen LogP contribution in [0.4, 0.5) is 0 Å². The Morgan fingerprint density at radius 1 is 0.331 bits per heavy atom. The van der Waals surface area contributed by atoms with Gasteiger partial charge < -0.3 is 52.7 Å². The molecule has 0 aromatic carbocycles. The first-order valence-electron chi connectivity index (χ1n) is 51.8. The Kier molecular flexibility index (Phi) is 25.8. The van der Waals surface area contributed by atoms with Gasteiger partial charge in [0.2, 0.25) is 5.88 Å². The van der Waals surface area contributed by atoms with Crippen LogP contribution in [0, 0.1) is 110 Å². The highest BCUT2D eigenvalue weighted by Gasteiger charge is 2.70. The van der Waals surface area contributed by atoms with Crippen LogP contribution in [0.5, 0.6) is 5.88 Å². The first-order chi connectivity index (χ1) is 64.9. The highest BCUT2D eigenvalue weighted by molar-refractivity contribution is 6.01. The fraction of sp³-hybridized carbons (Fsp3) is 0.745. The molecule has 12 atom stereocenters. The Labute approximate surface area is 820 Å². The first kappa shape index (κ1) is 102. The zero-order valence-electron chi connectivity index (χ0n) is 88.9. The van der Waals surface area contributed by atoms with Gasteiger partial charge in [0.05, 0.1) is 100 Å². The predicted octanol–water partition coefficient (Wildman–Crippen LogP) is 15.2. The van der Waals surface area contributed by atoms with E-state index < -0.39 is 34.0 Å². The Morgan fingerprint density at radius 2 is 0.604 bits per heavy atom. The van der Waals surface area contributed by atoms with Gasteiger partial charge in [-0.1, -0.05) is 125 Å². The van der Waals surface area contributed by atoms with Crippen molar-refractivity contribution in [3.63, 3.8) is 0 Å². The summed E-state index contributed by atoms with van der Waals surface area (Å²) in [7, 11) is 8.87. The van der Waals surface area contributed by atoms with E-state index in [1.54, 1.807) is 39.5 Å². The van der Waals surface area contributed by atoms with Crippen LogP contribution < -0.4 is 32.5 Å². The molecule has 6 aromatic heterocycles. The molecule has 6 aromatic rings. The second-order valence-corrected chi connectivity index (χ2v) is 48.8. The molecule has 10 heterocycles. The number of carbonyl (C=O) groups is 2. The van der Waals surface area contributed by atoms with E-state index in [1.807, 2.05) is 69.5 Å². The summed E-state index contributed by atoms with van der Waals surface area (Å²) in [5, 5.41) is 9.53. The van der Waals surface area contributed by atoms with Crippen molar-refractivity contribution >= 4 is 11.6 Å². The van der Waals surface area contributed by atoms with E-state index >= 15 is 0 Å². The topological polar surface area (TPSA) is 349 Å². The molecule has 139 heavy (non-hydrogen) atoms. The number of fused-ring (bicyclic) bond motifs is 18. The molecule has 4 spiro atoms. The maximum Gasteiger partial charge on any atom is 0.256 e. The summed E-state index contributed by atoms with van der Waals surface area (Å²) in [4.78, 5) is 124. The lowest BCUT2D eigenvalue weighted by molar-refractivity contribution is -0.276. The molecule has 4 saturated heterocycles. The highest BCUT2D eigenvalue weighted by Crippen LogP contribution is 2.68. The van der Waals surface area contributed by atoms with Crippen molar-refractivity contribution in [3.05, 3.63) is 166 Å². The van der Waals surface area contributed by atoms with Crippen molar-refractivity contribution < 1.29 is 57.3 Å². The number of H-pyrrole nitrogens is 1. The number of hydrogen-bond acceptors (Lipinski definition) is 24. The third-order valence-electron chi connectivity index (χ3n) is 40.0. The molecule has 0 bridgehead atoms. The molecule has 12 aliphatic carbocycles. The molecule has 16 aliphatic rings. The number of ketones is 2. The van der Waals surface area contributed by atoms with Gasteiger partial charge in [0, 0.05) is 164 Å². The Bertz CT molecular complexity index is 6130. The van der Waals surface area contributed by atoms with Gasteiger partial charge in [-0.3, -0.25) is 51.8 Å². The molecule has 29 heteroatoms. The van der Waals surface area contributed by atoms with Gasteiger partial charge in [-0.2, -0.15) is 4.98 Å². The van der Waals surface area contributed by atoms with Crippen LogP contribution in [0.25, 0.3) is 0 Å². The number of Topliss-reactive ketones (excluding diaryl/α,β-unsaturated/α-hetero) is 2. The van der Waals surface area contributed by atoms with Gasteiger partial charge in [0.1, 0.15) is 40.7 Å². The fourth-order valence-corrected chi connectivity index (χ4v) is 31.8. The lowest BCUT2D eigenvalue weighted by Gasteiger charge is -2.59. The summed E-state index contributed by atoms with van der Waals surface area (Å²) in [6.07, 6.45) is 20.7. The maximum absolute atomic E-state index is 12.7. The van der Waals surface area contributed by atoms with E-state index in [4.69, 9.17) is 72.5 Å². The molecule has 22 rings (SSSR count). The van der Waals surface area contributed by atoms with Crippen LogP contribution in [-0.4, -0.2) is 158 Å². The van der Waals surface area contributed by atoms with Gasteiger partial charge in [-0.25, -0.2) is 29.9 Å². The van der Waals surface area contributed by atoms with E-state index in [0.717, 1.165) is 220 Å². The Balaban J connectivity index is 0.000000115. The fourth-order valence-electron chi connectivity index (χ4n) is 31.8. The van der Waals surface area contributed by atoms with Gasteiger partial charge in [-0.05, 0) is 193 Å². The highest BCUT2D eigenvalue weighted by atomic mass is 16.8. The SMILES string of the molecule is COc1nc(C)nc2c1CC[C@H]1C(C)(C)C3(CC[C@]21C)OCCO3.Cc1nc2c(c(=O)[nH]1)CC[C@H]1C(C)(C)C3(CC[C@]21C)OCCO3.Cc1nc2c(c(=O)n1C)CC[C@H]1C(C)(C)C(=O)/C(=C\O)C[C@]21C.Cc1nc2c(c(=O)n1C)CC[C@H]1C(C)(C)C(=O)CC[C@]21C.Cc1nc2c(c(=O)n1C)CC[C@H]1C(C)(C)C3(CC[C@]21C)OCCO3.Cc1nc2c(c(=O)n1C)CC[C@H]1C(C)(C)C3(CC[C@]21C)OCCO3. The van der Waals surface area contributed by atoms with Crippen LogP contribution in [0.2, 0.25) is 0 Å². The minimum atomic E-state index is -0.573. The monoisotopic (exact) mass is 1920 g/mol. The van der Waals surface area contributed by atoms with Crippen LogP contribution in [0.3, 0.4) is 0 Å². The summed E-state index contributed by atoms with van der Waals surface area (Å²) in [5.41, 5.74) is 10.3. The van der Waals surface area contributed by atoms with Crippen molar-refractivity contribution in [1.29, 1.82) is 0 Å². The second-order valence-electron chi connectivity index (χ2n) is 48.8. The number of aromatic amines is 1. The van der Waals surface area contributed by atoms with Crippen molar-refractivity contribution in [2.75, 3.05) is 60.0 Å². The molecule has 760 valence electrons. The number of nitrogens with zero attached hydrogens (tertiary/aromatic N) is 11. The zero-order chi connectivity index (χ0) is 101. The van der Waals surface area contributed by atoms with Crippen molar-refractivity contribution in [2.24, 2.45) is 96.2 Å². The number of nitrogens with one attached hydrogen (secondary N) is 1. The summed E-state index contributed by atoms with van der Waals surface area (Å²) in [6.45, 7) is 56.7.